The third-order valence-corrected chi connectivity index (χ3v) is 14.2. The van der Waals surface area contributed by atoms with E-state index in [0.29, 0.717) is 6.61 Å². The molecule has 111 heavy (non-hydrogen) atoms. The molecular weight excluding hydrogens is 1740 g/mol. The predicted molar refractivity (Wildman–Crippen MR) is 552 cm³/mol. The van der Waals surface area contributed by atoms with E-state index in [4.69, 9.17) is 13.3 Å². The van der Waals surface area contributed by atoms with Crippen molar-refractivity contribution >= 4 is 115 Å². The van der Waals surface area contributed by atoms with Gasteiger partial charge in [-0.2, -0.15) is 0 Å². The lowest BCUT2D eigenvalue weighted by molar-refractivity contribution is 0.120. The molecule has 0 saturated carbocycles. The Balaban J connectivity index is -0.0000000559. The molecule has 0 aliphatic heterocycles. The first kappa shape index (κ1) is 152. The summed E-state index contributed by atoms with van der Waals surface area (Å²) >= 11 is 14.4. The molecule has 0 aliphatic carbocycles. The molecule has 14 heteroatoms. The Morgan fingerprint density at radius 1 is 0.369 bits per heavy atom. The quantitative estimate of drug-likeness (QED) is 0.0173. The summed E-state index contributed by atoms with van der Waals surface area (Å²) in [6, 6.07) is 56.0. The fraction of sp³-hybridized carbons (Fsp3) is 0.588. The number of rotatable bonds is 27. The molecule has 0 atom stereocenters. The van der Waals surface area contributed by atoms with Gasteiger partial charge in [0.15, 0.2) is 0 Å². The van der Waals surface area contributed by atoms with Crippen LogP contribution >= 0.6 is 86.7 Å². The molecule has 0 unspecified atom stereocenters. The molecule has 0 saturated heterocycles. The first-order valence-corrected chi connectivity index (χ1v) is 45.8. The van der Waals surface area contributed by atoms with Crippen molar-refractivity contribution in [3.8, 4) is 0 Å². The van der Waals surface area contributed by atoms with Crippen molar-refractivity contribution < 1.29 is 13.3 Å². The van der Waals surface area contributed by atoms with Gasteiger partial charge in [0.1, 0.15) is 33.4 Å². The maximum atomic E-state index is 9.09. The Kier molecular flexibility index (Phi) is 198. The predicted octanol–water partition coefficient (Wildman–Crippen LogP) is 35.2. The number of hydrogen-bond donors (Lipinski definition) is 4. The second-order valence-corrected chi connectivity index (χ2v) is 21.3. The van der Waals surface area contributed by atoms with Crippen LogP contribution in [0.1, 0.15) is 319 Å². The van der Waals surface area contributed by atoms with Crippen LogP contribution in [0.15, 0.2) is 181 Å². The standard InChI is InChI=1S/C18H23NO.C16H20N2O.C14H22BrN.C11H17N.C5H4BrN.C3H6Br2.12C2H6.6CH4.HIO/c1-2-17-11-6-7-12-18(17)19-13-8-14-20-15-16-9-4-3-5-10-16;1-2-14-8-3-4-9-15(14)18(12-7-13-19)16-10-5-6-11-17-16;1-3-11-16(12-7-10-15)14-9-6-5-8-13(14)4-2;1-3-9-12-11-8-6-5-7-10(11)4-2;6-5-3-1-2-4-7-5;4-2-1-3-5;12*1-2;;;;;;;1-2/h3-7,9-12,19H,2,8,13-15H2,1H3;3-6,8-11,19H,2,7,12-13H2,1H3;5-6,8-9H,3-4,7,10-12H2,1-2H3;5-8,12H,3-4,9H2,1-2H3;1-4H;1-3H2;12*1-2H3;6*1H4;2H. The molecule has 2 heterocycles. The smallest absolute Gasteiger partial charge is 0.132 e. The number of alkyl halides is 3. The maximum Gasteiger partial charge on any atom is 0.132 e. The molecule has 9 nitrogen and oxygen atoms in total. The summed E-state index contributed by atoms with van der Waals surface area (Å²) in [5.41, 5.74) is 11.9. The fourth-order valence-electron chi connectivity index (χ4n) is 7.98. The lowest BCUT2D eigenvalue weighted by atomic mass is 10.1. The average Bonchev–Trinajstić information content (AvgIpc) is 0.827. The zero-order valence-corrected chi connectivity index (χ0v) is 81.6. The number of aromatic nitrogens is 2. The number of aliphatic hydroxyl groups excluding tert-OH is 1. The lowest BCUT2D eigenvalue weighted by Gasteiger charge is -2.26. The minimum Gasteiger partial charge on any atom is -0.396 e. The molecule has 2 aromatic heterocycles. The number of hydrogen-bond acceptors (Lipinski definition) is 9. The van der Waals surface area contributed by atoms with Crippen LogP contribution in [0.25, 0.3) is 0 Å². The van der Waals surface area contributed by atoms with Crippen LogP contribution in [0.4, 0.5) is 28.6 Å². The Bertz CT molecular complexity index is 2510. The van der Waals surface area contributed by atoms with Crippen molar-refractivity contribution in [1.29, 1.82) is 0 Å². The van der Waals surface area contributed by atoms with E-state index in [1.807, 2.05) is 227 Å². The number of pyridine rings is 2. The van der Waals surface area contributed by atoms with Crippen molar-refractivity contribution in [2.45, 2.75) is 323 Å². The van der Waals surface area contributed by atoms with Crippen molar-refractivity contribution in [1.82, 2.24) is 9.97 Å². The van der Waals surface area contributed by atoms with Crippen LogP contribution < -0.4 is 20.4 Å². The van der Waals surface area contributed by atoms with E-state index in [1.54, 1.807) is 12.4 Å². The van der Waals surface area contributed by atoms with Gasteiger partial charge in [-0.05, 0) is 156 Å². The first-order valence-electron chi connectivity index (χ1n) is 40.7. The SMILES string of the molecule is BrCCCBr.Brc1ccccn1.C.C.C.C.C.C.CC.CC.CC.CC.CC.CC.CC.CC.CC.CC.CC.CC.CCCN(CCCBr)c1ccccc1CC.CCCNc1ccccc1CC.CCc1ccccc1N(CCCO)c1ccccn1.CCc1ccccc1NCCCOCc1ccccc1.OI. The van der Waals surface area contributed by atoms with E-state index in [2.05, 4.69) is 239 Å². The number of nitrogens with zero attached hydrogens (tertiary/aromatic N) is 4. The molecule has 0 bridgehead atoms. The third-order valence-electron chi connectivity index (χ3n) is 12.0. The van der Waals surface area contributed by atoms with Crippen LogP contribution in [-0.4, -0.2) is 80.4 Å². The number of para-hydroxylation sites is 4. The number of nitrogens with one attached hydrogen (secondary N) is 2. The van der Waals surface area contributed by atoms with E-state index in [-0.39, 0.29) is 51.2 Å². The number of benzene rings is 5. The van der Waals surface area contributed by atoms with Gasteiger partial charge in [0.2, 0.25) is 0 Å². The van der Waals surface area contributed by atoms with Crippen molar-refractivity contribution in [2.24, 2.45) is 0 Å². The zero-order chi connectivity index (χ0) is 83.4. The lowest BCUT2D eigenvalue weighted by Crippen LogP contribution is -2.26. The Morgan fingerprint density at radius 3 is 1.07 bits per heavy atom. The van der Waals surface area contributed by atoms with E-state index >= 15 is 0 Å². The third kappa shape index (κ3) is 94.9. The molecule has 7 aromatic rings. The van der Waals surface area contributed by atoms with Gasteiger partial charge >= 0.3 is 0 Å². The zero-order valence-electron chi connectivity index (χ0n) is 73.1. The van der Waals surface area contributed by atoms with E-state index in [1.165, 1.54) is 76.3 Å². The Hall–Kier alpha value is -3.87. The van der Waals surface area contributed by atoms with Gasteiger partial charge in [0.25, 0.3) is 0 Å². The molecular formula is C97H189Br4IN6O3. The number of halogens is 5. The summed E-state index contributed by atoms with van der Waals surface area (Å²) in [6.07, 6.45) is 14.4. The average molecular weight is 1930 g/mol. The van der Waals surface area contributed by atoms with Crippen molar-refractivity contribution in [3.05, 3.63) is 209 Å². The topological polar surface area (TPSA) is 106 Å². The van der Waals surface area contributed by atoms with Gasteiger partial charge in [0.05, 0.1) is 6.61 Å². The highest BCUT2D eigenvalue weighted by Crippen LogP contribution is 2.28. The largest absolute Gasteiger partial charge is 0.396 e. The van der Waals surface area contributed by atoms with E-state index in [0.717, 1.165) is 127 Å². The van der Waals surface area contributed by atoms with Crippen LogP contribution in [0.3, 0.4) is 0 Å². The molecule has 4 N–H and O–H groups in total. The van der Waals surface area contributed by atoms with Crippen LogP contribution in [0, 0.1) is 0 Å². The van der Waals surface area contributed by atoms with Gasteiger partial charge in [0, 0.05) is 97.1 Å². The van der Waals surface area contributed by atoms with Crippen molar-refractivity contribution in [2.75, 3.05) is 82.4 Å². The minimum absolute atomic E-state index is 0. The second kappa shape index (κ2) is 144. The van der Waals surface area contributed by atoms with Gasteiger partial charge in [-0.3, -0.25) is 0 Å². The number of aliphatic hydroxyl groups is 1. The van der Waals surface area contributed by atoms with E-state index < -0.39 is 0 Å². The molecule has 7 rings (SSSR count). The molecule has 660 valence electrons. The summed E-state index contributed by atoms with van der Waals surface area (Å²) < 4.78 is 13.5. The maximum absolute atomic E-state index is 9.09. The minimum atomic E-state index is 0. The Morgan fingerprint density at radius 2 is 0.730 bits per heavy atom. The number of ether oxygens (including phenoxy) is 1. The molecule has 0 fully saturated rings. The van der Waals surface area contributed by atoms with Gasteiger partial charge in [-0.1, -0.05) is 415 Å². The fourth-order valence-corrected chi connectivity index (χ4v) is 9.82. The van der Waals surface area contributed by atoms with Gasteiger partial charge in [-0.15, -0.1) is 0 Å². The molecule has 0 spiro atoms. The highest BCUT2D eigenvalue weighted by Gasteiger charge is 2.13. The van der Waals surface area contributed by atoms with Crippen molar-refractivity contribution in [3.63, 3.8) is 0 Å². The highest BCUT2D eigenvalue weighted by molar-refractivity contribution is 14.1. The summed E-state index contributed by atoms with van der Waals surface area (Å²) in [7, 11) is 0. The summed E-state index contributed by atoms with van der Waals surface area (Å²) in [6.45, 7) is 68.0. The normalized spacial score (nSPS) is 7.86. The van der Waals surface area contributed by atoms with Crippen LogP contribution in [0.5, 0.6) is 0 Å². The van der Waals surface area contributed by atoms with Gasteiger partial charge < -0.3 is 33.7 Å². The highest BCUT2D eigenvalue weighted by atomic mass is 127. The van der Waals surface area contributed by atoms with Crippen LogP contribution in [0.2, 0.25) is 0 Å². The number of anilines is 5. The monoisotopic (exact) mass is 1930 g/mol. The summed E-state index contributed by atoms with van der Waals surface area (Å²) in [5, 5.41) is 19.3. The van der Waals surface area contributed by atoms with Gasteiger partial charge in [-0.25, -0.2) is 9.97 Å². The molecule has 5 aromatic carbocycles. The molecule has 0 aliphatic rings. The summed E-state index contributed by atoms with van der Waals surface area (Å²) in [4.78, 5) is 13.0. The summed E-state index contributed by atoms with van der Waals surface area (Å²) in [5.74, 6) is 0.928. The molecule has 0 amide bonds. The van der Waals surface area contributed by atoms with E-state index in [9.17, 15) is 0 Å². The Labute approximate surface area is 746 Å². The second-order valence-electron chi connectivity index (χ2n) is 18.1. The first-order chi connectivity index (χ1) is 51.8. The van der Waals surface area contributed by atoms with Crippen LogP contribution in [-0.2, 0) is 37.0 Å². The molecule has 0 radical (unpaired) electrons. The number of aryl methyl sites for hydroxylation is 4.